The fraction of sp³-hybridized carbons (Fsp3) is 0.125. The molecule has 1 heterocycles. The Morgan fingerprint density at radius 3 is 2.83 bits per heavy atom. The van der Waals surface area contributed by atoms with Gasteiger partial charge in [-0.05, 0) is 12.5 Å². The Labute approximate surface area is 69.1 Å². The molecule has 0 aliphatic rings. The third kappa shape index (κ3) is 1.25. The number of carboxylic acids is 1. The summed E-state index contributed by atoms with van der Waals surface area (Å²) in [6, 6.07) is 1.86. The Bertz CT molecular complexity index is 366. The van der Waals surface area contributed by atoms with Crippen molar-refractivity contribution in [2.45, 2.75) is 6.92 Å². The van der Waals surface area contributed by atoms with Crippen molar-refractivity contribution in [3.8, 4) is 6.07 Å². The maximum atomic E-state index is 10.5. The number of aromatic carboxylic acids is 1. The second-order valence-electron chi connectivity index (χ2n) is 2.28. The van der Waals surface area contributed by atoms with Crippen LogP contribution in [-0.4, -0.2) is 16.1 Å². The Morgan fingerprint density at radius 2 is 2.33 bits per heavy atom. The average Bonchev–Trinajstić information content (AvgIpc) is 2.04. The Balaban J connectivity index is 3.35. The van der Waals surface area contributed by atoms with Crippen molar-refractivity contribution < 1.29 is 9.90 Å². The standard InChI is InChI=1S/C8H6N2O2/c1-5-6(2-9)3-10-4-7(5)8(11)12/h3-4H,1H3,(H,11,12). The number of nitriles is 1. The Kier molecular flexibility index (Phi) is 2.06. The number of pyridine rings is 1. The lowest BCUT2D eigenvalue weighted by Gasteiger charge is -1.99. The average molecular weight is 162 g/mol. The van der Waals surface area contributed by atoms with E-state index in [0.717, 1.165) is 0 Å². The molecule has 0 fully saturated rings. The summed E-state index contributed by atoms with van der Waals surface area (Å²) < 4.78 is 0. The van der Waals surface area contributed by atoms with E-state index in [-0.39, 0.29) is 5.56 Å². The monoisotopic (exact) mass is 162 g/mol. The minimum absolute atomic E-state index is 0.0778. The van der Waals surface area contributed by atoms with Gasteiger partial charge in [0, 0.05) is 12.4 Å². The molecule has 60 valence electrons. The van der Waals surface area contributed by atoms with E-state index >= 15 is 0 Å². The minimum atomic E-state index is -1.06. The first-order valence-electron chi connectivity index (χ1n) is 3.25. The highest BCUT2D eigenvalue weighted by atomic mass is 16.4. The van der Waals surface area contributed by atoms with Crippen molar-refractivity contribution >= 4 is 5.97 Å². The van der Waals surface area contributed by atoms with Gasteiger partial charge >= 0.3 is 5.97 Å². The van der Waals surface area contributed by atoms with Gasteiger partial charge in [0.15, 0.2) is 0 Å². The number of carboxylic acid groups (broad SMARTS) is 1. The number of nitrogens with zero attached hydrogens (tertiary/aromatic N) is 2. The Hall–Kier alpha value is -1.89. The number of aromatic nitrogens is 1. The molecular formula is C8H6N2O2. The van der Waals surface area contributed by atoms with E-state index in [4.69, 9.17) is 10.4 Å². The fourth-order valence-electron chi connectivity index (χ4n) is 0.853. The second kappa shape index (κ2) is 3.01. The molecular weight excluding hydrogens is 156 g/mol. The molecule has 0 unspecified atom stereocenters. The molecule has 0 radical (unpaired) electrons. The fourth-order valence-corrected chi connectivity index (χ4v) is 0.853. The summed E-state index contributed by atoms with van der Waals surface area (Å²) in [6.45, 7) is 1.59. The van der Waals surface area contributed by atoms with Gasteiger partial charge in [0.25, 0.3) is 0 Å². The zero-order chi connectivity index (χ0) is 9.14. The highest BCUT2D eigenvalue weighted by Gasteiger charge is 2.09. The van der Waals surface area contributed by atoms with E-state index in [2.05, 4.69) is 4.98 Å². The first kappa shape index (κ1) is 8.21. The van der Waals surface area contributed by atoms with Crippen LogP contribution < -0.4 is 0 Å². The van der Waals surface area contributed by atoms with Gasteiger partial charge in [0.05, 0.1) is 11.1 Å². The zero-order valence-electron chi connectivity index (χ0n) is 6.40. The number of rotatable bonds is 1. The molecule has 0 bridgehead atoms. The molecule has 0 saturated heterocycles. The molecule has 1 rings (SSSR count). The summed E-state index contributed by atoms with van der Waals surface area (Å²) >= 11 is 0. The highest BCUT2D eigenvalue weighted by molar-refractivity contribution is 5.89. The minimum Gasteiger partial charge on any atom is -0.478 e. The van der Waals surface area contributed by atoms with Gasteiger partial charge in [-0.2, -0.15) is 5.26 Å². The van der Waals surface area contributed by atoms with Crippen molar-refractivity contribution in [2.75, 3.05) is 0 Å². The van der Waals surface area contributed by atoms with Crippen LogP contribution in [0.4, 0.5) is 0 Å². The van der Waals surface area contributed by atoms with Crippen LogP contribution in [-0.2, 0) is 0 Å². The van der Waals surface area contributed by atoms with Gasteiger partial charge in [-0.1, -0.05) is 0 Å². The molecule has 0 aliphatic carbocycles. The summed E-state index contributed by atoms with van der Waals surface area (Å²) in [5, 5.41) is 17.2. The van der Waals surface area contributed by atoms with Gasteiger partial charge < -0.3 is 5.11 Å². The molecule has 0 aromatic carbocycles. The van der Waals surface area contributed by atoms with Crippen LogP contribution >= 0.6 is 0 Å². The number of carbonyl (C=O) groups is 1. The molecule has 12 heavy (non-hydrogen) atoms. The normalized spacial score (nSPS) is 9.00. The quantitative estimate of drug-likeness (QED) is 0.667. The highest BCUT2D eigenvalue weighted by Crippen LogP contribution is 2.10. The van der Waals surface area contributed by atoms with Crippen LogP contribution in [0.1, 0.15) is 21.5 Å². The molecule has 0 aliphatic heterocycles. The summed E-state index contributed by atoms with van der Waals surface area (Å²) in [5.74, 6) is -1.06. The summed E-state index contributed by atoms with van der Waals surface area (Å²) in [6.07, 6.45) is 2.58. The first-order valence-corrected chi connectivity index (χ1v) is 3.25. The van der Waals surface area contributed by atoms with Crippen LogP contribution in [0.5, 0.6) is 0 Å². The Morgan fingerprint density at radius 1 is 1.67 bits per heavy atom. The third-order valence-corrected chi connectivity index (χ3v) is 1.57. The predicted molar refractivity (Wildman–Crippen MR) is 40.6 cm³/mol. The van der Waals surface area contributed by atoms with E-state index in [1.807, 2.05) is 6.07 Å². The van der Waals surface area contributed by atoms with E-state index < -0.39 is 5.97 Å². The zero-order valence-corrected chi connectivity index (χ0v) is 6.40. The molecule has 4 heteroatoms. The van der Waals surface area contributed by atoms with Gasteiger partial charge in [-0.15, -0.1) is 0 Å². The van der Waals surface area contributed by atoms with E-state index in [1.165, 1.54) is 12.4 Å². The third-order valence-electron chi connectivity index (χ3n) is 1.57. The summed E-state index contributed by atoms with van der Waals surface area (Å²) in [7, 11) is 0. The van der Waals surface area contributed by atoms with Crippen LogP contribution in [0, 0.1) is 18.3 Å². The molecule has 1 aromatic heterocycles. The van der Waals surface area contributed by atoms with E-state index in [9.17, 15) is 4.79 Å². The van der Waals surface area contributed by atoms with Crippen molar-refractivity contribution in [1.29, 1.82) is 5.26 Å². The predicted octanol–water partition coefficient (Wildman–Crippen LogP) is 0.960. The molecule has 1 aromatic rings. The lowest BCUT2D eigenvalue weighted by Crippen LogP contribution is -2.02. The molecule has 0 spiro atoms. The molecule has 0 amide bonds. The van der Waals surface area contributed by atoms with Gasteiger partial charge in [-0.25, -0.2) is 4.79 Å². The van der Waals surface area contributed by atoms with Gasteiger partial charge in [0.2, 0.25) is 0 Å². The van der Waals surface area contributed by atoms with Crippen molar-refractivity contribution in [3.63, 3.8) is 0 Å². The summed E-state index contributed by atoms with van der Waals surface area (Å²) in [4.78, 5) is 14.2. The SMILES string of the molecule is Cc1c(C#N)cncc1C(=O)O. The van der Waals surface area contributed by atoms with Crippen LogP contribution in [0.2, 0.25) is 0 Å². The van der Waals surface area contributed by atoms with E-state index in [0.29, 0.717) is 11.1 Å². The molecule has 1 N–H and O–H groups in total. The van der Waals surface area contributed by atoms with Crippen LogP contribution in [0.25, 0.3) is 0 Å². The van der Waals surface area contributed by atoms with Crippen molar-refractivity contribution in [1.82, 2.24) is 4.98 Å². The lowest BCUT2D eigenvalue weighted by molar-refractivity contribution is 0.0695. The summed E-state index contributed by atoms with van der Waals surface area (Å²) in [5.41, 5.74) is 0.837. The second-order valence-corrected chi connectivity index (χ2v) is 2.28. The molecule has 0 saturated carbocycles. The lowest BCUT2D eigenvalue weighted by atomic mass is 10.1. The topological polar surface area (TPSA) is 74.0 Å². The first-order chi connectivity index (χ1) is 5.66. The number of hydrogen-bond acceptors (Lipinski definition) is 3. The van der Waals surface area contributed by atoms with Crippen LogP contribution in [0.3, 0.4) is 0 Å². The van der Waals surface area contributed by atoms with Crippen molar-refractivity contribution in [3.05, 3.63) is 29.1 Å². The van der Waals surface area contributed by atoms with Crippen molar-refractivity contribution in [2.24, 2.45) is 0 Å². The van der Waals surface area contributed by atoms with Gasteiger partial charge in [-0.3, -0.25) is 4.98 Å². The van der Waals surface area contributed by atoms with Crippen LogP contribution in [0.15, 0.2) is 12.4 Å². The smallest absolute Gasteiger partial charge is 0.337 e. The molecule has 4 nitrogen and oxygen atoms in total. The van der Waals surface area contributed by atoms with Gasteiger partial charge in [0.1, 0.15) is 6.07 Å². The largest absolute Gasteiger partial charge is 0.478 e. The van der Waals surface area contributed by atoms with E-state index in [1.54, 1.807) is 6.92 Å². The number of hydrogen-bond donors (Lipinski definition) is 1. The maximum absolute atomic E-state index is 10.5. The maximum Gasteiger partial charge on any atom is 0.337 e. The molecule has 0 atom stereocenters.